The predicted octanol–water partition coefficient (Wildman–Crippen LogP) is 2.91. The van der Waals surface area contributed by atoms with E-state index in [2.05, 4.69) is 26.6 Å². The molecule has 0 atom stereocenters. The van der Waals surface area contributed by atoms with Gasteiger partial charge in [0.05, 0.1) is 6.54 Å². The SMILES string of the molecule is Cc1cc(NCC(=O)Nc2ccc(C(N)=O)cc2)ccc1Br. The lowest BCUT2D eigenvalue weighted by atomic mass is 10.2. The lowest BCUT2D eigenvalue weighted by molar-refractivity contribution is -0.114. The summed E-state index contributed by atoms with van der Waals surface area (Å²) < 4.78 is 1.03. The minimum atomic E-state index is -0.495. The summed E-state index contributed by atoms with van der Waals surface area (Å²) in [5.41, 5.74) is 8.14. The largest absolute Gasteiger partial charge is 0.376 e. The molecule has 0 unspecified atom stereocenters. The average molecular weight is 362 g/mol. The molecule has 2 amide bonds. The third-order valence-electron chi connectivity index (χ3n) is 3.06. The summed E-state index contributed by atoms with van der Waals surface area (Å²) >= 11 is 3.43. The number of primary amides is 1. The molecule has 0 heterocycles. The molecule has 0 fully saturated rings. The predicted molar refractivity (Wildman–Crippen MR) is 91.0 cm³/mol. The lowest BCUT2D eigenvalue weighted by Gasteiger charge is -2.09. The van der Waals surface area contributed by atoms with E-state index < -0.39 is 5.91 Å². The monoisotopic (exact) mass is 361 g/mol. The first-order valence-corrected chi connectivity index (χ1v) is 7.45. The van der Waals surface area contributed by atoms with Crippen LogP contribution < -0.4 is 16.4 Å². The highest BCUT2D eigenvalue weighted by Crippen LogP contribution is 2.19. The van der Waals surface area contributed by atoms with Gasteiger partial charge in [-0.25, -0.2) is 0 Å². The number of hydrogen-bond donors (Lipinski definition) is 3. The topological polar surface area (TPSA) is 84.2 Å². The summed E-state index contributed by atoms with van der Waals surface area (Å²) in [6.07, 6.45) is 0. The van der Waals surface area contributed by atoms with Gasteiger partial charge < -0.3 is 16.4 Å². The van der Waals surface area contributed by atoms with E-state index >= 15 is 0 Å². The molecule has 0 aliphatic carbocycles. The first kappa shape index (κ1) is 16.0. The second-order valence-corrected chi connectivity index (χ2v) is 5.66. The molecule has 0 bridgehead atoms. The van der Waals surface area contributed by atoms with Gasteiger partial charge in [0, 0.05) is 21.4 Å². The molecule has 22 heavy (non-hydrogen) atoms. The van der Waals surface area contributed by atoms with E-state index in [0.717, 1.165) is 15.7 Å². The third-order valence-corrected chi connectivity index (χ3v) is 3.95. The van der Waals surface area contributed by atoms with Crippen molar-refractivity contribution in [2.75, 3.05) is 17.2 Å². The molecule has 2 aromatic rings. The molecule has 0 saturated heterocycles. The number of carbonyl (C=O) groups is 2. The molecular formula is C16H16BrN3O2. The molecule has 0 radical (unpaired) electrons. The quantitative estimate of drug-likeness (QED) is 0.765. The number of nitrogens with one attached hydrogen (secondary N) is 2. The van der Waals surface area contributed by atoms with Crippen LogP contribution in [-0.4, -0.2) is 18.4 Å². The van der Waals surface area contributed by atoms with Crippen molar-refractivity contribution < 1.29 is 9.59 Å². The Morgan fingerprint density at radius 1 is 1.09 bits per heavy atom. The van der Waals surface area contributed by atoms with Gasteiger partial charge in [0.2, 0.25) is 11.8 Å². The Hall–Kier alpha value is -2.34. The Kier molecular flexibility index (Phi) is 5.16. The maximum atomic E-state index is 11.9. The second kappa shape index (κ2) is 7.09. The Bertz CT molecular complexity index is 699. The van der Waals surface area contributed by atoms with E-state index in [9.17, 15) is 9.59 Å². The first-order chi connectivity index (χ1) is 10.5. The zero-order valence-corrected chi connectivity index (χ0v) is 13.6. The molecule has 0 aromatic heterocycles. The standard InChI is InChI=1S/C16H16BrN3O2/c1-10-8-13(6-7-14(10)17)19-9-15(21)20-12-4-2-11(3-5-12)16(18)22/h2-8,19H,9H2,1H3,(H2,18,22)(H,20,21). The van der Waals surface area contributed by atoms with Gasteiger partial charge in [-0.05, 0) is 55.0 Å². The van der Waals surface area contributed by atoms with E-state index in [-0.39, 0.29) is 12.5 Å². The van der Waals surface area contributed by atoms with Crippen LogP contribution in [0.25, 0.3) is 0 Å². The minimum absolute atomic E-state index is 0.151. The summed E-state index contributed by atoms with van der Waals surface area (Å²) in [5.74, 6) is -0.669. The second-order valence-electron chi connectivity index (χ2n) is 4.81. The molecule has 2 aromatic carbocycles. The van der Waals surface area contributed by atoms with Crippen LogP contribution in [0.2, 0.25) is 0 Å². The van der Waals surface area contributed by atoms with E-state index in [1.807, 2.05) is 25.1 Å². The van der Waals surface area contributed by atoms with Crippen molar-refractivity contribution in [3.63, 3.8) is 0 Å². The molecule has 114 valence electrons. The third kappa shape index (κ3) is 4.33. The number of aryl methyl sites for hydroxylation is 1. The molecule has 2 rings (SSSR count). The molecule has 6 heteroatoms. The average Bonchev–Trinajstić information content (AvgIpc) is 2.49. The summed E-state index contributed by atoms with van der Waals surface area (Å²) in [7, 11) is 0. The summed E-state index contributed by atoms with van der Waals surface area (Å²) in [6.45, 7) is 2.13. The summed E-state index contributed by atoms with van der Waals surface area (Å²) in [5, 5.41) is 5.80. The smallest absolute Gasteiger partial charge is 0.248 e. The number of nitrogens with two attached hydrogens (primary N) is 1. The molecule has 5 nitrogen and oxygen atoms in total. The van der Waals surface area contributed by atoms with Crippen molar-refractivity contribution in [2.24, 2.45) is 5.73 Å². The van der Waals surface area contributed by atoms with Crippen LogP contribution in [0, 0.1) is 6.92 Å². The fraction of sp³-hybridized carbons (Fsp3) is 0.125. The Morgan fingerprint density at radius 2 is 1.73 bits per heavy atom. The van der Waals surface area contributed by atoms with Crippen LogP contribution in [0.4, 0.5) is 11.4 Å². The molecule has 0 aliphatic heterocycles. The normalized spacial score (nSPS) is 10.1. The number of rotatable bonds is 5. The summed E-state index contributed by atoms with van der Waals surface area (Å²) in [6, 6.07) is 12.2. The maximum Gasteiger partial charge on any atom is 0.248 e. The number of hydrogen-bond acceptors (Lipinski definition) is 3. The maximum absolute atomic E-state index is 11.9. The number of benzene rings is 2. The van der Waals surface area contributed by atoms with Gasteiger partial charge in [-0.15, -0.1) is 0 Å². The molecule has 0 aliphatic rings. The fourth-order valence-electron chi connectivity index (χ4n) is 1.86. The van der Waals surface area contributed by atoms with E-state index in [1.165, 1.54) is 0 Å². The van der Waals surface area contributed by atoms with Crippen molar-refractivity contribution in [3.8, 4) is 0 Å². The van der Waals surface area contributed by atoms with Gasteiger partial charge in [-0.3, -0.25) is 9.59 Å². The van der Waals surface area contributed by atoms with E-state index in [0.29, 0.717) is 11.3 Å². The summed E-state index contributed by atoms with van der Waals surface area (Å²) in [4.78, 5) is 22.8. The number of anilines is 2. The van der Waals surface area contributed by atoms with Gasteiger partial charge >= 0.3 is 0 Å². The highest BCUT2D eigenvalue weighted by molar-refractivity contribution is 9.10. The van der Waals surface area contributed by atoms with Crippen molar-refractivity contribution in [2.45, 2.75) is 6.92 Å². The van der Waals surface area contributed by atoms with Gasteiger partial charge in [-0.1, -0.05) is 15.9 Å². The van der Waals surface area contributed by atoms with Crippen LogP contribution in [-0.2, 0) is 4.79 Å². The van der Waals surface area contributed by atoms with Crippen LogP contribution in [0.15, 0.2) is 46.9 Å². The van der Waals surface area contributed by atoms with E-state index in [4.69, 9.17) is 5.73 Å². The number of halogens is 1. The van der Waals surface area contributed by atoms with Gasteiger partial charge in [0.1, 0.15) is 0 Å². The zero-order valence-electron chi connectivity index (χ0n) is 12.0. The molecule has 4 N–H and O–H groups in total. The Morgan fingerprint density at radius 3 is 2.32 bits per heavy atom. The minimum Gasteiger partial charge on any atom is -0.376 e. The molecular weight excluding hydrogens is 346 g/mol. The Labute approximate surface area is 137 Å². The van der Waals surface area contributed by atoms with Crippen molar-refractivity contribution in [1.82, 2.24) is 0 Å². The van der Waals surface area contributed by atoms with Crippen LogP contribution in [0.5, 0.6) is 0 Å². The van der Waals surface area contributed by atoms with Gasteiger partial charge in [0.15, 0.2) is 0 Å². The first-order valence-electron chi connectivity index (χ1n) is 6.65. The number of amides is 2. The van der Waals surface area contributed by atoms with Crippen LogP contribution in [0.3, 0.4) is 0 Å². The lowest BCUT2D eigenvalue weighted by Crippen LogP contribution is -2.21. The fourth-order valence-corrected chi connectivity index (χ4v) is 2.11. The molecule has 0 spiro atoms. The highest BCUT2D eigenvalue weighted by Gasteiger charge is 2.04. The van der Waals surface area contributed by atoms with Crippen molar-refractivity contribution in [3.05, 3.63) is 58.1 Å². The van der Waals surface area contributed by atoms with E-state index in [1.54, 1.807) is 24.3 Å². The van der Waals surface area contributed by atoms with Crippen molar-refractivity contribution >= 4 is 39.1 Å². The van der Waals surface area contributed by atoms with Gasteiger partial charge in [-0.2, -0.15) is 0 Å². The number of carbonyl (C=O) groups excluding carboxylic acids is 2. The Balaban J connectivity index is 1.89. The zero-order chi connectivity index (χ0) is 16.1. The van der Waals surface area contributed by atoms with Crippen molar-refractivity contribution in [1.29, 1.82) is 0 Å². The van der Waals surface area contributed by atoms with Crippen LogP contribution in [0.1, 0.15) is 15.9 Å². The highest BCUT2D eigenvalue weighted by atomic mass is 79.9. The van der Waals surface area contributed by atoms with Gasteiger partial charge in [0.25, 0.3) is 0 Å². The van der Waals surface area contributed by atoms with Crippen LogP contribution >= 0.6 is 15.9 Å². The molecule has 0 saturated carbocycles.